The fraction of sp³-hybridized carbons (Fsp3) is 0.588. The normalized spacial score (nSPS) is 17.1. The van der Waals surface area contributed by atoms with Gasteiger partial charge in [0.2, 0.25) is 11.8 Å². The molecule has 0 aliphatic carbocycles. The summed E-state index contributed by atoms with van der Waals surface area (Å²) < 4.78 is 57.7. The molecule has 2 aliphatic heterocycles. The first-order chi connectivity index (χ1) is 22.1. The summed E-state index contributed by atoms with van der Waals surface area (Å²) in [6.45, 7) is 10.7. The maximum atomic E-state index is 15.0. The van der Waals surface area contributed by atoms with Gasteiger partial charge in [0.15, 0.2) is 0 Å². The van der Waals surface area contributed by atoms with Crippen molar-refractivity contribution in [3.63, 3.8) is 0 Å². The van der Waals surface area contributed by atoms with E-state index in [2.05, 4.69) is 15.0 Å². The number of likely N-dealkylation sites (N-methyl/N-ethyl adjacent to an activating group) is 1. The minimum atomic E-state index is -2.88. The summed E-state index contributed by atoms with van der Waals surface area (Å²) in [4.78, 5) is 41.5. The van der Waals surface area contributed by atoms with E-state index in [0.29, 0.717) is 54.7 Å². The highest BCUT2D eigenvalue weighted by molar-refractivity contribution is 5.82. The standard InChI is InChI=1S/C29H37F3N4O4.C5H10O2/c1-19(2)40-28(38)35-11-8-20(9-12-35)17-39-26-7-6-23(16-34-26)21-4-5-22(24(30)14-21)15-25(33-3)27(37)36-13-10-29(31,32)18-36;1-5(2,3)7-4-6/h4-7,14,16,19-20,25,33H,8-13,15,17-18H2,1-3H3;4H,1-3H3. The number of hydrogen-bond acceptors (Lipinski definition) is 8. The zero-order chi connectivity index (χ0) is 34.8. The zero-order valence-electron chi connectivity index (χ0n) is 28.1. The Hall–Kier alpha value is -3.87. The number of pyridine rings is 1. The second-order valence-corrected chi connectivity index (χ2v) is 13.1. The lowest BCUT2D eigenvalue weighted by molar-refractivity contribution is -0.138. The van der Waals surface area contributed by atoms with E-state index < -0.39 is 30.2 Å². The Kier molecular flexibility index (Phi) is 13.4. The fourth-order valence-electron chi connectivity index (χ4n) is 5.11. The Morgan fingerprint density at radius 1 is 1.09 bits per heavy atom. The van der Waals surface area contributed by atoms with E-state index >= 15 is 0 Å². The Bertz CT molecular complexity index is 1330. The highest BCUT2D eigenvalue weighted by Gasteiger charge is 2.41. The molecule has 4 rings (SSSR count). The van der Waals surface area contributed by atoms with Crippen molar-refractivity contribution in [3.8, 4) is 17.0 Å². The van der Waals surface area contributed by atoms with Crippen molar-refractivity contribution >= 4 is 18.5 Å². The number of carbonyl (C=O) groups is 3. The van der Waals surface area contributed by atoms with Gasteiger partial charge in [0.05, 0.1) is 25.3 Å². The Labute approximate surface area is 274 Å². The highest BCUT2D eigenvalue weighted by atomic mass is 19.3. The summed E-state index contributed by atoms with van der Waals surface area (Å²) in [6.07, 6.45) is 2.53. The quantitative estimate of drug-likeness (QED) is 0.333. The molecule has 2 saturated heterocycles. The van der Waals surface area contributed by atoms with Crippen LogP contribution in [0.5, 0.6) is 5.88 Å². The Balaban J connectivity index is 0.000000771. The number of aromatic nitrogens is 1. The first kappa shape index (κ1) is 37.6. The lowest BCUT2D eigenvalue weighted by atomic mass is 9.98. The van der Waals surface area contributed by atoms with Crippen LogP contribution in [0.4, 0.5) is 18.0 Å². The van der Waals surface area contributed by atoms with E-state index in [4.69, 9.17) is 9.47 Å². The maximum absolute atomic E-state index is 15.0. The summed E-state index contributed by atoms with van der Waals surface area (Å²) in [6, 6.07) is 7.47. The molecule has 2 fully saturated rings. The third-order valence-electron chi connectivity index (χ3n) is 7.75. The molecule has 0 saturated carbocycles. The smallest absolute Gasteiger partial charge is 0.410 e. The number of ether oxygens (including phenoxy) is 3. The van der Waals surface area contributed by atoms with Crippen LogP contribution in [-0.4, -0.2) is 96.8 Å². The van der Waals surface area contributed by atoms with Gasteiger partial charge in [-0.05, 0) is 90.1 Å². The molecule has 2 aliphatic rings. The molecule has 0 bridgehead atoms. The number of alkyl halides is 2. The summed E-state index contributed by atoms with van der Waals surface area (Å²) >= 11 is 0. The largest absolute Gasteiger partial charge is 0.477 e. The number of halogens is 3. The molecule has 260 valence electrons. The van der Waals surface area contributed by atoms with Crippen LogP contribution in [0.3, 0.4) is 0 Å². The van der Waals surface area contributed by atoms with Gasteiger partial charge in [0.1, 0.15) is 11.4 Å². The molecule has 1 N–H and O–H groups in total. The van der Waals surface area contributed by atoms with Crippen molar-refractivity contribution in [2.24, 2.45) is 5.92 Å². The van der Waals surface area contributed by atoms with Crippen LogP contribution in [-0.2, 0) is 25.5 Å². The van der Waals surface area contributed by atoms with E-state index in [1.807, 2.05) is 34.6 Å². The van der Waals surface area contributed by atoms with Gasteiger partial charge in [-0.1, -0.05) is 12.1 Å². The fourth-order valence-corrected chi connectivity index (χ4v) is 5.11. The average molecular weight is 665 g/mol. The topological polar surface area (TPSA) is 110 Å². The van der Waals surface area contributed by atoms with Gasteiger partial charge in [-0.2, -0.15) is 0 Å². The van der Waals surface area contributed by atoms with Crippen molar-refractivity contribution in [2.75, 3.05) is 39.8 Å². The van der Waals surface area contributed by atoms with Crippen LogP contribution in [0.15, 0.2) is 36.5 Å². The molecule has 2 aromatic rings. The molecule has 1 aromatic heterocycles. The van der Waals surface area contributed by atoms with E-state index in [0.717, 1.165) is 17.7 Å². The number of piperidine rings is 1. The molecule has 0 spiro atoms. The predicted molar refractivity (Wildman–Crippen MR) is 171 cm³/mol. The Morgan fingerprint density at radius 2 is 1.77 bits per heavy atom. The molecule has 3 heterocycles. The molecule has 13 heteroatoms. The van der Waals surface area contributed by atoms with Crippen LogP contribution < -0.4 is 10.1 Å². The van der Waals surface area contributed by atoms with Gasteiger partial charge in [-0.25, -0.2) is 22.9 Å². The SMILES string of the molecule is CC(C)(C)OC=O.CNC(Cc1ccc(-c2ccc(OCC3CCN(C(=O)OC(C)C)CC3)nc2)cc1F)C(=O)N1CCC(F)(F)C1. The molecule has 1 atom stereocenters. The van der Waals surface area contributed by atoms with Gasteiger partial charge in [-0.15, -0.1) is 0 Å². The molecular weight excluding hydrogens is 617 g/mol. The molecule has 10 nitrogen and oxygen atoms in total. The van der Waals surface area contributed by atoms with Crippen molar-refractivity contribution < 1.29 is 41.8 Å². The van der Waals surface area contributed by atoms with Gasteiger partial charge in [-0.3, -0.25) is 9.59 Å². The molecule has 1 aromatic carbocycles. The number of nitrogens with one attached hydrogen (secondary N) is 1. The first-order valence-electron chi connectivity index (χ1n) is 15.9. The first-order valence-corrected chi connectivity index (χ1v) is 15.9. The lowest BCUT2D eigenvalue weighted by Crippen LogP contribution is -2.46. The third-order valence-corrected chi connectivity index (χ3v) is 7.75. The molecule has 1 unspecified atom stereocenters. The van der Waals surface area contributed by atoms with E-state index in [-0.39, 0.29) is 37.2 Å². The number of amides is 2. The molecule has 0 radical (unpaired) electrons. The van der Waals surface area contributed by atoms with Crippen LogP contribution in [0.25, 0.3) is 11.1 Å². The summed E-state index contributed by atoms with van der Waals surface area (Å²) in [5, 5.41) is 2.83. The van der Waals surface area contributed by atoms with Crippen molar-refractivity contribution in [2.45, 2.75) is 84.0 Å². The number of rotatable bonds is 10. The van der Waals surface area contributed by atoms with E-state index in [9.17, 15) is 27.6 Å². The van der Waals surface area contributed by atoms with E-state index in [1.54, 1.807) is 42.4 Å². The van der Waals surface area contributed by atoms with Crippen molar-refractivity contribution in [1.29, 1.82) is 0 Å². The summed E-state index contributed by atoms with van der Waals surface area (Å²) in [7, 11) is 1.56. The zero-order valence-corrected chi connectivity index (χ0v) is 28.1. The minimum Gasteiger partial charge on any atom is -0.477 e. The molecular formula is C34H47F3N4O6. The van der Waals surface area contributed by atoms with Crippen molar-refractivity contribution in [3.05, 3.63) is 47.9 Å². The monoisotopic (exact) mass is 664 g/mol. The summed E-state index contributed by atoms with van der Waals surface area (Å²) in [5.41, 5.74) is 1.32. The second kappa shape index (κ2) is 16.8. The minimum absolute atomic E-state index is 0.00766. The van der Waals surface area contributed by atoms with Crippen LogP contribution in [0, 0.1) is 11.7 Å². The van der Waals surface area contributed by atoms with E-state index in [1.165, 1.54) is 6.07 Å². The lowest BCUT2D eigenvalue weighted by Gasteiger charge is -2.31. The average Bonchev–Trinajstić information content (AvgIpc) is 3.38. The number of hydrogen-bond donors (Lipinski definition) is 1. The van der Waals surface area contributed by atoms with Crippen molar-refractivity contribution in [1.82, 2.24) is 20.1 Å². The summed E-state index contributed by atoms with van der Waals surface area (Å²) in [5.74, 6) is -3.05. The second-order valence-electron chi connectivity index (χ2n) is 13.1. The number of likely N-dealkylation sites (tertiary alicyclic amines) is 2. The van der Waals surface area contributed by atoms with Gasteiger partial charge >= 0.3 is 6.09 Å². The van der Waals surface area contributed by atoms with Gasteiger partial charge < -0.3 is 29.3 Å². The molecule has 47 heavy (non-hydrogen) atoms. The van der Waals surface area contributed by atoms with Gasteiger partial charge in [0.25, 0.3) is 12.4 Å². The maximum Gasteiger partial charge on any atom is 0.410 e. The Morgan fingerprint density at radius 3 is 2.26 bits per heavy atom. The number of nitrogens with zero attached hydrogens (tertiary/aromatic N) is 3. The van der Waals surface area contributed by atoms with Gasteiger partial charge in [0, 0.05) is 43.9 Å². The van der Waals surface area contributed by atoms with Crippen LogP contribution >= 0.6 is 0 Å². The predicted octanol–water partition coefficient (Wildman–Crippen LogP) is 5.48. The number of carbonyl (C=O) groups excluding carboxylic acids is 3. The van der Waals surface area contributed by atoms with Crippen LogP contribution in [0.1, 0.15) is 59.4 Å². The number of benzene rings is 1. The highest BCUT2D eigenvalue weighted by Crippen LogP contribution is 2.28. The van der Waals surface area contributed by atoms with Crippen LogP contribution in [0.2, 0.25) is 0 Å². The third kappa shape index (κ3) is 12.0. The molecule has 2 amide bonds.